The molecule has 0 aromatic heterocycles. The Morgan fingerprint density at radius 2 is 1.89 bits per heavy atom. The number of carbonyl (C=O) groups is 1. The lowest BCUT2D eigenvalue weighted by atomic mass is 9.68. The molecule has 3 nitrogen and oxygen atoms in total. The van der Waals surface area contributed by atoms with Crippen LogP contribution in [0, 0.1) is 17.0 Å². The van der Waals surface area contributed by atoms with Crippen LogP contribution in [0.2, 0.25) is 0 Å². The van der Waals surface area contributed by atoms with Crippen LogP contribution in [0.1, 0.15) is 24.3 Å². The van der Waals surface area contributed by atoms with Crippen molar-refractivity contribution in [1.82, 2.24) is 10.6 Å². The van der Waals surface area contributed by atoms with Crippen molar-refractivity contribution in [2.75, 3.05) is 19.6 Å². The minimum absolute atomic E-state index is 0.0451. The number of hydrogen-bond acceptors (Lipinski definition) is 2. The van der Waals surface area contributed by atoms with E-state index < -0.39 is 17.0 Å². The van der Waals surface area contributed by atoms with Gasteiger partial charge >= 0.3 is 0 Å². The Morgan fingerprint density at radius 1 is 1.16 bits per heavy atom. The lowest BCUT2D eigenvalue weighted by molar-refractivity contribution is -0.129. The van der Waals surface area contributed by atoms with Crippen LogP contribution in [0.25, 0.3) is 0 Å². The van der Waals surface area contributed by atoms with Gasteiger partial charge < -0.3 is 10.6 Å². The van der Waals surface area contributed by atoms with Gasteiger partial charge in [-0.15, -0.1) is 0 Å². The third kappa shape index (κ3) is 1.92. The van der Waals surface area contributed by atoms with E-state index in [1.807, 2.05) is 0 Å². The van der Waals surface area contributed by atoms with Crippen LogP contribution < -0.4 is 10.6 Å². The van der Waals surface area contributed by atoms with Crippen LogP contribution in [0.5, 0.6) is 0 Å². The van der Waals surface area contributed by atoms with E-state index in [4.69, 9.17) is 0 Å². The van der Waals surface area contributed by atoms with Crippen molar-refractivity contribution in [2.24, 2.45) is 5.41 Å². The van der Waals surface area contributed by atoms with Crippen LogP contribution in [-0.2, 0) is 4.79 Å². The van der Waals surface area contributed by atoms with E-state index in [-0.39, 0.29) is 11.8 Å². The lowest BCUT2D eigenvalue weighted by Crippen LogP contribution is -2.44. The van der Waals surface area contributed by atoms with Gasteiger partial charge in [-0.2, -0.15) is 0 Å². The Kier molecular flexibility index (Phi) is 3.01. The minimum Gasteiger partial charge on any atom is -0.355 e. The van der Waals surface area contributed by atoms with Crippen molar-refractivity contribution in [2.45, 2.75) is 18.8 Å². The van der Waals surface area contributed by atoms with Crippen molar-refractivity contribution >= 4 is 5.91 Å². The predicted molar refractivity (Wildman–Crippen MR) is 66.6 cm³/mol. The Labute approximate surface area is 110 Å². The highest BCUT2D eigenvalue weighted by atomic mass is 19.2. The van der Waals surface area contributed by atoms with Gasteiger partial charge in [-0.25, -0.2) is 8.78 Å². The normalized spacial score (nSPS) is 25.6. The van der Waals surface area contributed by atoms with Crippen LogP contribution in [0.4, 0.5) is 8.78 Å². The maximum absolute atomic E-state index is 13.4. The minimum atomic E-state index is -0.847. The molecule has 1 aromatic carbocycles. The van der Waals surface area contributed by atoms with Crippen molar-refractivity contribution in [3.05, 3.63) is 35.4 Å². The van der Waals surface area contributed by atoms with Gasteiger partial charge in [-0.05, 0) is 43.6 Å². The molecule has 2 aliphatic heterocycles. The summed E-state index contributed by atoms with van der Waals surface area (Å²) >= 11 is 0. The summed E-state index contributed by atoms with van der Waals surface area (Å²) < 4.78 is 26.4. The molecule has 5 heteroatoms. The number of piperidine rings is 1. The first-order chi connectivity index (χ1) is 9.13. The third-order valence-electron chi connectivity index (χ3n) is 4.43. The van der Waals surface area contributed by atoms with E-state index >= 15 is 0 Å². The average Bonchev–Trinajstić information content (AvgIpc) is 2.72. The third-order valence-corrected chi connectivity index (χ3v) is 4.43. The Balaban J connectivity index is 1.98. The zero-order valence-electron chi connectivity index (χ0n) is 10.5. The molecule has 2 heterocycles. The molecule has 2 saturated heterocycles. The molecule has 0 bridgehead atoms. The largest absolute Gasteiger partial charge is 0.355 e. The van der Waals surface area contributed by atoms with E-state index in [1.54, 1.807) is 6.07 Å². The van der Waals surface area contributed by atoms with E-state index in [0.29, 0.717) is 12.1 Å². The molecule has 1 amide bonds. The predicted octanol–water partition coefficient (Wildman–Crippen LogP) is 1.55. The molecule has 2 aliphatic rings. The van der Waals surface area contributed by atoms with E-state index in [2.05, 4.69) is 10.6 Å². The van der Waals surface area contributed by atoms with Gasteiger partial charge in [0.05, 0.1) is 5.41 Å². The first kappa shape index (κ1) is 12.5. The van der Waals surface area contributed by atoms with E-state index in [1.165, 1.54) is 6.07 Å². The number of amides is 1. The van der Waals surface area contributed by atoms with Crippen LogP contribution in [0.3, 0.4) is 0 Å². The Bertz CT molecular complexity index is 512. The highest BCUT2D eigenvalue weighted by molar-refractivity contribution is 5.86. The molecule has 1 unspecified atom stereocenters. The summed E-state index contributed by atoms with van der Waals surface area (Å²) in [5.41, 5.74) is 0.245. The van der Waals surface area contributed by atoms with E-state index in [0.717, 1.165) is 32.0 Å². The number of carbonyl (C=O) groups excluding carboxylic acids is 1. The van der Waals surface area contributed by atoms with Crippen molar-refractivity contribution < 1.29 is 13.6 Å². The molecule has 102 valence electrons. The molecule has 2 N–H and O–H groups in total. The van der Waals surface area contributed by atoms with Crippen molar-refractivity contribution in [1.29, 1.82) is 0 Å². The summed E-state index contributed by atoms with van der Waals surface area (Å²) in [5, 5.41) is 6.11. The number of nitrogens with one attached hydrogen (secondary N) is 2. The zero-order valence-corrected chi connectivity index (χ0v) is 10.5. The maximum Gasteiger partial charge on any atom is 0.227 e. The lowest BCUT2D eigenvalue weighted by Gasteiger charge is -2.36. The second-order valence-electron chi connectivity index (χ2n) is 5.34. The molecule has 0 aliphatic carbocycles. The molecule has 1 spiro atoms. The standard InChI is InChI=1S/C14H16F2N2O/c15-11-2-1-9(7-12(11)16)10-8-18-13(19)14(10)3-5-17-6-4-14/h1-2,7,10,17H,3-6,8H2,(H,18,19). The van der Waals surface area contributed by atoms with Crippen molar-refractivity contribution in [3.63, 3.8) is 0 Å². The first-order valence-electron chi connectivity index (χ1n) is 6.57. The SMILES string of the molecule is O=C1NCC(c2ccc(F)c(F)c2)C12CCNCC2. The summed E-state index contributed by atoms with van der Waals surface area (Å²) in [7, 11) is 0. The smallest absolute Gasteiger partial charge is 0.227 e. The molecule has 3 rings (SSSR count). The number of rotatable bonds is 1. The molecule has 2 fully saturated rings. The van der Waals surface area contributed by atoms with Gasteiger partial charge in [0.15, 0.2) is 11.6 Å². The molecule has 19 heavy (non-hydrogen) atoms. The quantitative estimate of drug-likeness (QED) is 0.809. The fourth-order valence-electron chi connectivity index (χ4n) is 3.34. The second kappa shape index (κ2) is 4.56. The zero-order chi connectivity index (χ0) is 13.5. The summed E-state index contributed by atoms with van der Waals surface area (Å²) in [6.07, 6.45) is 1.48. The van der Waals surface area contributed by atoms with Gasteiger partial charge in [-0.3, -0.25) is 4.79 Å². The van der Waals surface area contributed by atoms with Crippen LogP contribution in [0.15, 0.2) is 18.2 Å². The molecule has 1 atom stereocenters. The number of benzene rings is 1. The van der Waals surface area contributed by atoms with Gasteiger partial charge in [0.1, 0.15) is 0 Å². The molecular weight excluding hydrogens is 250 g/mol. The molecule has 1 aromatic rings. The highest BCUT2D eigenvalue weighted by Gasteiger charge is 2.50. The fraction of sp³-hybridized carbons (Fsp3) is 0.500. The summed E-state index contributed by atoms with van der Waals surface area (Å²) in [6.45, 7) is 2.07. The maximum atomic E-state index is 13.4. The van der Waals surface area contributed by atoms with Crippen molar-refractivity contribution in [3.8, 4) is 0 Å². The monoisotopic (exact) mass is 266 g/mol. The van der Waals surface area contributed by atoms with Crippen LogP contribution in [-0.4, -0.2) is 25.5 Å². The summed E-state index contributed by atoms with van der Waals surface area (Å²) in [6, 6.07) is 3.96. The molecule has 0 saturated carbocycles. The fourth-order valence-corrected chi connectivity index (χ4v) is 3.34. The summed E-state index contributed by atoms with van der Waals surface area (Å²) in [5.74, 6) is -1.72. The van der Waals surface area contributed by atoms with Gasteiger partial charge in [-0.1, -0.05) is 6.07 Å². The second-order valence-corrected chi connectivity index (χ2v) is 5.34. The molecule has 0 radical (unpaired) electrons. The van der Waals surface area contributed by atoms with Gasteiger partial charge in [0.25, 0.3) is 0 Å². The average molecular weight is 266 g/mol. The Morgan fingerprint density at radius 3 is 2.58 bits per heavy atom. The first-order valence-corrected chi connectivity index (χ1v) is 6.57. The number of hydrogen-bond donors (Lipinski definition) is 2. The topological polar surface area (TPSA) is 41.1 Å². The Hall–Kier alpha value is -1.49. The van der Waals surface area contributed by atoms with Gasteiger partial charge in [0.2, 0.25) is 5.91 Å². The highest BCUT2D eigenvalue weighted by Crippen LogP contribution is 2.46. The number of halogens is 2. The van der Waals surface area contributed by atoms with Crippen LogP contribution >= 0.6 is 0 Å². The van der Waals surface area contributed by atoms with E-state index in [9.17, 15) is 13.6 Å². The van der Waals surface area contributed by atoms with Gasteiger partial charge in [0, 0.05) is 12.5 Å². The molecular formula is C14H16F2N2O. The summed E-state index contributed by atoms with van der Waals surface area (Å²) in [4.78, 5) is 12.2.